The van der Waals surface area contributed by atoms with Crippen molar-refractivity contribution >= 4 is 15.9 Å². The van der Waals surface area contributed by atoms with Crippen molar-refractivity contribution in [3.8, 4) is 0 Å². The van der Waals surface area contributed by atoms with E-state index < -0.39 is 0 Å². The summed E-state index contributed by atoms with van der Waals surface area (Å²) in [7, 11) is 0. The zero-order chi connectivity index (χ0) is 10.9. The number of allylic oxidation sites excluding steroid dienone is 2. The Morgan fingerprint density at radius 2 is 2.53 bits per heavy atom. The standard InChI is InChI=1S/C12H16BrNO/c1-12-6-2-3-9(7-13)11(12)5-4-10(12)8-14-15/h4,7,11H,2-3,5-6,8H2,1H3/b9-7+/t11?,12-/m1/s1. The molecule has 0 radical (unpaired) electrons. The van der Waals surface area contributed by atoms with Crippen molar-refractivity contribution < 1.29 is 0 Å². The van der Waals surface area contributed by atoms with E-state index in [0.29, 0.717) is 12.5 Å². The van der Waals surface area contributed by atoms with Gasteiger partial charge in [-0.15, -0.1) is 0 Å². The van der Waals surface area contributed by atoms with Crippen LogP contribution in [-0.4, -0.2) is 6.54 Å². The number of halogens is 1. The van der Waals surface area contributed by atoms with Crippen molar-refractivity contribution in [2.45, 2.75) is 32.6 Å². The minimum Gasteiger partial charge on any atom is -0.150 e. The number of nitroso groups, excluding NO2 is 1. The van der Waals surface area contributed by atoms with Crippen molar-refractivity contribution in [2.24, 2.45) is 16.5 Å². The SMILES string of the molecule is C[C@]12CCC/C(=C\Br)C1CC=C2CN=O. The molecule has 82 valence electrons. The van der Waals surface area contributed by atoms with Gasteiger partial charge >= 0.3 is 0 Å². The minimum absolute atomic E-state index is 0.200. The molecule has 0 N–H and O–H groups in total. The van der Waals surface area contributed by atoms with Crippen LogP contribution in [0.1, 0.15) is 32.6 Å². The number of rotatable bonds is 2. The second-order valence-electron chi connectivity index (χ2n) is 4.76. The Hall–Kier alpha value is -0.440. The van der Waals surface area contributed by atoms with Crippen molar-refractivity contribution in [2.75, 3.05) is 6.54 Å². The van der Waals surface area contributed by atoms with E-state index in [1.807, 2.05) is 0 Å². The average Bonchev–Trinajstić information content (AvgIpc) is 2.56. The molecule has 2 aliphatic carbocycles. The summed E-state index contributed by atoms with van der Waals surface area (Å²) >= 11 is 3.46. The lowest BCUT2D eigenvalue weighted by atomic mass is 9.65. The van der Waals surface area contributed by atoms with Crippen LogP contribution in [-0.2, 0) is 0 Å². The molecule has 2 rings (SSSR count). The van der Waals surface area contributed by atoms with Crippen LogP contribution in [0.25, 0.3) is 0 Å². The Bertz CT molecular complexity index is 335. The Labute approximate surface area is 98.9 Å². The first-order valence-corrected chi connectivity index (χ1v) is 6.41. The second-order valence-corrected chi connectivity index (χ2v) is 5.22. The summed E-state index contributed by atoms with van der Waals surface area (Å²) in [4.78, 5) is 12.5. The third-order valence-corrected chi connectivity index (χ3v) is 4.67. The largest absolute Gasteiger partial charge is 0.150 e. The number of nitrogens with zero attached hydrogens (tertiary/aromatic N) is 1. The topological polar surface area (TPSA) is 29.4 Å². The quantitative estimate of drug-likeness (QED) is 0.547. The van der Waals surface area contributed by atoms with Crippen LogP contribution < -0.4 is 0 Å². The molecule has 2 aliphatic rings. The molecule has 3 heteroatoms. The van der Waals surface area contributed by atoms with Gasteiger partial charge in [0.15, 0.2) is 0 Å². The Morgan fingerprint density at radius 3 is 3.20 bits per heavy atom. The Kier molecular flexibility index (Phi) is 3.10. The van der Waals surface area contributed by atoms with Gasteiger partial charge < -0.3 is 0 Å². The lowest BCUT2D eigenvalue weighted by Gasteiger charge is -2.40. The van der Waals surface area contributed by atoms with Crippen LogP contribution >= 0.6 is 15.9 Å². The molecule has 1 fully saturated rings. The first-order chi connectivity index (χ1) is 7.22. The molecule has 15 heavy (non-hydrogen) atoms. The average molecular weight is 270 g/mol. The van der Waals surface area contributed by atoms with Crippen LogP contribution in [0, 0.1) is 16.2 Å². The van der Waals surface area contributed by atoms with Gasteiger partial charge in [0, 0.05) is 0 Å². The van der Waals surface area contributed by atoms with Crippen LogP contribution in [0.2, 0.25) is 0 Å². The van der Waals surface area contributed by atoms with Gasteiger partial charge in [-0.2, -0.15) is 4.91 Å². The first-order valence-electron chi connectivity index (χ1n) is 5.50. The highest BCUT2D eigenvalue weighted by Crippen LogP contribution is 2.54. The minimum atomic E-state index is 0.200. The normalized spacial score (nSPS) is 37.6. The fourth-order valence-corrected chi connectivity index (χ4v) is 3.70. The summed E-state index contributed by atoms with van der Waals surface area (Å²) < 4.78 is 0. The van der Waals surface area contributed by atoms with E-state index >= 15 is 0 Å². The van der Waals surface area contributed by atoms with Crippen molar-refractivity contribution in [1.29, 1.82) is 0 Å². The van der Waals surface area contributed by atoms with Gasteiger partial charge in [0.05, 0.1) is 0 Å². The maximum absolute atomic E-state index is 10.4. The zero-order valence-electron chi connectivity index (χ0n) is 9.00. The fourth-order valence-electron chi connectivity index (χ4n) is 3.15. The first kappa shape index (κ1) is 11.1. The molecule has 0 spiro atoms. The molecule has 0 aliphatic heterocycles. The highest BCUT2D eigenvalue weighted by atomic mass is 79.9. The molecular weight excluding hydrogens is 254 g/mol. The van der Waals surface area contributed by atoms with Gasteiger partial charge in [0.2, 0.25) is 0 Å². The van der Waals surface area contributed by atoms with E-state index in [4.69, 9.17) is 0 Å². The third-order valence-electron chi connectivity index (χ3n) is 4.09. The molecular formula is C12H16BrNO. The molecule has 0 bridgehead atoms. The Balaban J connectivity index is 2.27. The number of fused-ring (bicyclic) bond motifs is 1. The smallest absolute Gasteiger partial charge is 0.103 e. The Morgan fingerprint density at radius 1 is 1.73 bits per heavy atom. The van der Waals surface area contributed by atoms with E-state index in [1.165, 1.54) is 30.4 Å². The molecule has 0 aromatic heterocycles. The van der Waals surface area contributed by atoms with E-state index in [2.05, 4.69) is 39.1 Å². The third kappa shape index (κ3) is 1.71. The maximum atomic E-state index is 10.4. The summed E-state index contributed by atoms with van der Waals surface area (Å²) in [5.74, 6) is 0.599. The summed E-state index contributed by atoms with van der Waals surface area (Å²) in [6.07, 6.45) is 6.93. The van der Waals surface area contributed by atoms with E-state index in [9.17, 15) is 4.91 Å². The molecule has 2 atom stereocenters. The van der Waals surface area contributed by atoms with Crippen molar-refractivity contribution in [1.82, 2.24) is 0 Å². The van der Waals surface area contributed by atoms with Gasteiger partial charge in [-0.25, -0.2) is 0 Å². The lowest BCUT2D eigenvalue weighted by molar-refractivity contribution is 0.233. The molecule has 2 nitrogen and oxygen atoms in total. The van der Waals surface area contributed by atoms with Gasteiger partial charge in [0.25, 0.3) is 0 Å². The highest BCUT2D eigenvalue weighted by Gasteiger charge is 2.44. The molecule has 0 aromatic carbocycles. The summed E-state index contributed by atoms with van der Waals surface area (Å²) in [5, 5.41) is 3.06. The molecule has 1 unspecified atom stereocenters. The van der Waals surface area contributed by atoms with E-state index in [-0.39, 0.29) is 5.41 Å². The molecule has 0 aromatic rings. The van der Waals surface area contributed by atoms with Crippen LogP contribution in [0.3, 0.4) is 0 Å². The lowest BCUT2D eigenvalue weighted by Crippen LogP contribution is -2.31. The van der Waals surface area contributed by atoms with Crippen LogP contribution in [0.5, 0.6) is 0 Å². The van der Waals surface area contributed by atoms with Gasteiger partial charge in [-0.05, 0) is 47.6 Å². The number of hydrogen-bond acceptors (Lipinski definition) is 2. The monoisotopic (exact) mass is 269 g/mol. The zero-order valence-corrected chi connectivity index (χ0v) is 10.6. The van der Waals surface area contributed by atoms with E-state index in [0.717, 1.165) is 6.42 Å². The summed E-state index contributed by atoms with van der Waals surface area (Å²) in [5.41, 5.74) is 2.96. The fraction of sp³-hybridized carbons (Fsp3) is 0.667. The van der Waals surface area contributed by atoms with Crippen LogP contribution in [0.15, 0.2) is 27.4 Å². The molecule has 0 heterocycles. The van der Waals surface area contributed by atoms with Gasteiger partial charge in [-0.3, -0.25) is 0 Å². The molecule has 1 saturated carbocycles. The highest BCUT2D eigenvalue weighted by molar-refractivity contribution is 9.11. The molecule has 0 amide bonds. The number of hydrogen-bond donors (Lipinski definition) is 0. The predicted octanol–water partition coefficient (Wildman–Crippen LogP) is 4.17. The van der Waals surface area contributed by atoms with Crippen molar-refractivity contribution in [3.63, 3.8) is 0 Å². The van der Waals surface area contributed by atoms with Crippen LogP contribution in [0.4, 0.5) is 0 Å². The van der Waals surface area contributed by atoms with Crippen molar-refractivity contribution in [3.05, 3.63) is 27.1 Å². The second kappa shape index (κ2) is 4.20. The maximum Gasteiger partial charge on any atom is 0.103 e. The summed E-state index contributed by atoms with van der Waals surface area (Å²) in [6, 6.07) is 0. The van der Waals surface area contributed by atoms with Gasteiger partial charge in [-0.1, -0.05) is 39.7 Å². The van der Waals surface area contributed by atoms with Gasteiger partial charge in [0.1, 0.15) is 6.54 Å². The molecule has 0 saturated heterocycles. The van der Waals surface area contributed by atoms with E-state index in [1.54, 1.807) is 0 Å². The predicted molar refractivity (Wildman–Crippen MR) is 65.8 cm³/mol. The summed E-state index contributed by atoms with van der Waals surface area (Å²) in [6.45, 7) is 2.67.